The van der Waals surface area contributed by atoms with Gasteiger partial charge in [-0.25, -0.2) is 0 Å². The van der Waals surface area contributed by atoms with Crippen molar-refractivity contribution in [2.75, 3.05) is 0 Å². The number of rotatable bonds is 3. The Morgan fingerprint density at radius 3 is 2.50 bits per heavy atom. The maximum absolute atomic E-state index is 12.5. The summed E-state index contributed by atoms with van der Waals surface area (Å²) >= 11 is 12.0. The van der Waals surface area contributed by atoms with Crippen molar-refractivity contribution in [2.24, 2.45) is 0 Å². The van der Waals surface area contributed by atoms with Crippen molar-refractivity contribution in [2.45, 2.75) is 13.3 Å². The van der Waals surface area contributed by atoms with Gasteiger partial charge >= 0.3 is 0 Å². The second-order valence-electron chi connectivity index (χ2n) is 3.96. The summed E-state index contributed by atoms with van der Waals surface area (Å²) in [5.74, 6) is -0.0834. The molecule has 0 heterocycles. The Kier molecular flexibility index (Phi) is 4.05. The highest BCUT2D eigenvalue weighted by molar-refractivity contribution is 6.36. The largest absolute Gasteiger partial charge is 0.289 e. The summed E-state index contributed by atoms with van der Waals surface area (Å²) in [5, 5.41) is 0.937. The molecule has 0 bridgehead atoms. The van der Waals surface area contributed by atoms with Crippen LogP contribution in [0.25, 0.3) is 0 Å². The topological polar surface area (TPSA) is 17.1 Å². The van der Waals surface area contributed by atoms with Crippen molar-refractivity contribution in [3.63, 3.8) is 0 Å². The Bertz CT molecular complexity index is 591. The van der Waals surface area contributed by atoms with Crippen LogP contribution < -0.4 is 0 Å². The SMILES string of the molecule is CCc1ccccc1C(=O)c1cc(Cl)ccc1Cl. The van der Waals surface area contributed by atoms with Gasteiger partial charge in [0, 0.05) is 16.1 Å². The molecule has 0 amide bonds. The Hall–Kier alpha value is -1.31. The monoisotopic (exact) mass is 278 g/mol. The minimum absolute atomic E-state index is 0.0834. The van der Waals surface area contributed by atoms with Gasteiger partial charge in [0.2, 0.25) is 0 Å². The van der Waals surface area contributed by atoms with Gasteiger partial charge in [0.25, 0.3) is 0 Å². The Morgan fingerprint density at radius 2 is 1.78 bits per heavy atom. The molecule has 0 saturated carbocycles. The van der Waals surface area contributed by atoms with E-state index in [2.05, 4.69) is 0 Å². The molecule has 0 aliphatic rings. The Labute approximate surface area is 116 Å². The second-order valence-corrected chi connectivity index (χ2v) is 4.81. The van der Waals surface area contributed by atoms with Crippen LogP contribution in [0, 0.1) is 0 Å². The molecule has 1 nitrogen and oxygen atoms in total. The zero-order valence-electron chi connectivity index (χ0n) is 9.91. The quantitative estimate of drug-likeness (QED) is 0.738. The molecule has 0 N–H and O–H groups in total. The molecule has 0 radical (unpaired) electrons. The highest BCUT2D eigenvalue weighted by Crippen LogP contribution is 2.24. The maximum atomic E-state index is 12.5. The molecule has 0 atom stereocenters. The van der Waals surface area contributed by atoms with Crippen LogP contribution >= 0.6 is 23.2 Å². The third-order valence-electron chi connectivity index (χ3n) is 2.82. The molecule has 2 rings (SSSR count). The minimum atomic E-state index is -0.0834. The van der Waals surface area contributed by atoms with Crippen molar-refractivity contribution in [1.29, 1.82) is 0 Å². The molecule has 0 aliphatic heterocycles. The smallest absolute Gasteiger partial charge is 0.194 e. The van der Waals surface area contributed by atoms with Gasteiger partial charge in [-0.2, -0.15) is 0 Å². The molecule has 18 heavy (non-hydrogen) atoms. The molecule has 92 valence electrons. The van der Waals surface area contributed by atoms with E-state index in [1.807, 2.05) is 31.2 Å². The van der Waals surface area contributed by atoms with Crippen LogP contribution in [0.3, 0.4) is 0 Å². The standard InChI is InChI=1S/C15H12Cl2O/c1-2-10-5-3-4-6-12(10)15(18)13-9-11(16)7-8-14(13)17/h3-9H,2H2,1H3. The fourth-order valence-electron chi connectivity index (χ4n) is 1.87. The van der Waals surface area contributed by atoms with Crippen LogP contribution in [0.4, 0.5) is 0 Å². The van der Waals surface area contributed by atoms with Gasteiger partial charge in [-0.3, -0.25) is 4.79 Å². The molecule has 0 spiro atoms. The summed E-state index contributed by atoms with van der Waals surface area (Å²) < 4.78 is 0. The number of carbonyl (C=O) groups excluding carboxylic acids is 1. The highest BCUT2D eigenvalue weighted by Gasteiger charge is 2.15. The van der Waals surface area contributed by atoms with E-state index in [0.717, 1.165) is 12.0 Å². The van der Waals surface area contributed by atoms with Crippen molar-refractivity contribution < 1.29 is 4.79 Å². The lowest BCUT2D eigenvalue weighted by Crippen LogP contribution is -2.05. The molecule has 2 aromatic rings. The third-order valence-corrected chi connectivity index (χ3v) is 3.38. The number of hydrogen-bond donors (Lipinski definition) is 0. The van der Waals surface area contributed by atoms with Crippen LogP contribution in [-0.4, -0.2) is 5.78 Å². The average molecular weight is 279 g/mol. The van der Waals surface area contributed by atoms with Crippen LogP contribution in [0.15, 0.2) is 42.5 Å². The molecule has 3 heteroatoms. The number of benzene rings is 2. The molecule has 0 unspecified atom stereocenters. The van der Waals surface area contributed by atoms with E-state index < -0.39 is 0 Å². The lowest BCUT2D eigenvalue weighted by atomic mass is 9.97. The summed E-state index contributed by atoms with van der Waals surface area (Å²) in [6.07, 6.45) is 0.806. The molecule has 2 aromatic carbocycles. The molecular formula is C15H12Cl2O. The van der Waals surface area contributed by atoms with E-state index in [4.69, 9.17) is 23.2 Å². The highest BCUT2D eigenvalue weighted by atomic mass is 35.5. The predicted octanol–water partition coefficient (Wildman–Crippen LogP) is 4.79. The van der Waals surface area contributed by atoms with E-state index in [0.29, 0.717) is 21.2 Å². The van der Waals surface area contributed by atoms with Crippen LogP contribution in [0.5, 0.6) is 0 Å². The summed E-state index contributed by atoms with van der Waals surface area (Å²) in [7, 11) is 0. The van der Waals surface area contributed by atoms with Crippen LogP contribution in [0.1, 0.15) is 28.4 Å². The van der Waals surface area contributed by atoms with Crippen LogP contribution in [-0.2, 0) is 6.42 Å². The normalized spacial score (nSPS) is 10.4. The van der Waals surface area contributed by atoms with E-state index in [1.54, 1.807) is 18.2 Å². The summed E-state index contributed by atoms with van der Waals surface area (Å²) in [6.45, 7) is 2.02. The van der Waals surface area contributed by atoms with Gasteiger partial charge in [0.15, 0.2) is 5.78 Å². The summed E-state index contributed by atoms with van der Waals surface area (Å²) in [4.78, 5) is 12.5. The molecule has 0 fully saturated rings. The van der Waals surface area contributed by atoms with Crippen molar-refractivity contribution >= 4 is 29.0 Å². The van der Waals surface area contributed by atoms with E-state index in [-0.39, 0.29) is 5.78 Å². The third kappa shape index (κ3) is 2.58. The lowest BCUT2D eigenvalue weighted by molar-refractivity contribution is 0.103. The first-order valence-electron chi connectivity index (χ1n) is 5.71. The predicted molar refractivity (Wildman–Crippen MR) is 75.7 cm³/mol. The maximum Gasteiger partial charge on any atom is 0.194 e. The lowest BCUT2D eigenvalue weighted by Gasteiger charge is -2.08. The first kappa shape index (κ1) is 13.1. The Balaban J connectivity index is 2.51. The zero-order valence-corrected chi connectivity index (χ0v) is 11.4. The van der Waals surface area contributed by atoms with Gasteiger partial charge in [-0.15, -0.1) is 0 Å². The van der Waals surface area contributed by atoms with Crippen molar-refractivity contribution in [1.82, 2.24) is 0 Å². The van der Waals surface area contributed by atoms with Gasteiger partial charge in [0.05, 0.1) is 5.02 Å². The van der Waals surface area contributed by atoms with Gasteiger partial charge in [0.1, 0.15) is 0 Å². The molecule has 0 saturated heterocycles. The number of carbonyl (C=O) groups is 1. The fraction of sp³-hybridized carbons (Fsp3) is 0.133. The number of hydrogen-bond acceptors (Lipinski definition) is 1. The molecule has 0 aromatic heterocycles. The average Bonchev–Trinajstić information content (AvgIpc) is 2.40. The first-order chi connectivity index (χ1) is 8.63. The zero-order chi connectivity index (χ0) is 13.1. The van der Waals surface area contributed by atoms with Crippen molar-refractivity contribution in [3.05, 3.63) is 69.2 Å². The van der Waals surface area contributed by atoms with Crippen LogP contribution in [0.2, 0.25) is 10.0 Å². The first-order valence-corrected chi connectivity index (χ1v) is 6.46. The second kappa shape index (κ2) is 5.55. The van der Waals surface area contributed by atoms with Gasteiger partial charge in [-0.05, 0) is 30.2 Å². The van der Waals surface area contributed by atoms with E-state index >= 15 is 0 Å². The van der Waals surface area contributed by atoms with E-state index in [9.17, 15) is 4.79 Å². The van der Waals surface area contributed by atoms with Crippen molar-refractivity contribution in [3.8, 4) is 0 Å². The van der Waals surface area contributed by atoms with Gasteiger partial charge in [-0.1, -0.05) is 54.4 Å². The Morgan fingerprint density at radius 1 is 1.06 bits per heavy atom. The van der Waals surface area contributed by atoms with Gasteiger partial charge < -0.3 is 0 Å². The molecular weight excluding hydrogens is 267 g/mol. The number of ketones is 1. The van der Waals surface area contributed by atoms with E-state index in [1.165, 1.54) is 0 Å². The summed E-state index contributed by atoms with van der Waals surface area (Å²) in [5.41, 5.74) is 2.15. The number of aryl methyl sites for hydroxylation is 1. The minimum Gasteiger partial charge on any atom is -0.289 e. The fourth-order valence-corrected chi connectivity index (χ4v) is 2.24. The number of halogens is 2. The summed E-state index contributed by atoms with van der Waals surface area (Å²) in [6, 6.07) is 12.5. The molecule has 0 aliphatic carbocycles.